The van der Waals surface area contributed by atoms with Crippen LogP contribution in [0.5, 0.6) is 5.75 Å². The van der Waals surface area contributed by atoms with Crippen molar-refractivity contribution in [3.8, 4) is 28.0 Å². The Morgan fingerprint density at radius 3 is 1.91 bits per heavy atom. The number of aliphatic imine (C=N–C) groups is 1. The molecule has 0 bridgehead atoms. The Morgan fingerprint density at radius 1 is 0.702 bits per heavy atom. The maximum atomic E-state index is 6.75. The number of hydrogen-bond donors (Lipinski definition) is 0. The van der Waals surface area contributed by atoms with Gasteiger partial charge < -0.3 is 4.74 Å². The molecule has 0 spiro atoms. The Kier molecular flexibility index (Phi) is 7.72. The van der Waals surface area contributed by atoms with E-state index < -0.39 is 0 Å². The molecule has 0 amide bonds. The van der Waals surface area contributed by atoms with Crippen molar-refractivity contribution in [1.82, 2.24) is 0 Å². The van der Waals surface area contributed by atoms with E-state index in [9.17, 15) is 0 Å². The number of amidine groups is 1. The summed E-state index contributed by atoms with van der Waals surface area (Å²) in [5.41, 5.74) is 9.49. The Hall–Kier alpha value is -5.67. The summed E-state index contributed by atoms with van der Waals surface area (Å²) in [6, 6.07) is 47.0. The minimum absolute atomic E-state index is 0.109. The number of ether oxygens (including phenoxy) is 1. The number of allylic oxidation sites excluding steroid dienone is 7. The van der Waals surface area contributed by atoms with E-state index in [0.29, 0.717) is 0 Å². The SMILES string of the molecule is C/N=C(/C1C=CC(C2C=CC=C3Oc4c(-c5ccccc5)cc(-c5ccccc5)cc4C32)=CC1)N(c1ccccc1)c1ccccc1. The van der Waals surface area contributed by atoms with Crippen molar-refractivity contribution < 1.29 is 4.74 Å². The lowest BCUT2D eigenvalue weighted by Gasteiger charge is -2.32. The van der Waals surface area contributed by atoms with Gasteiger partial charge in [0.25, 0.3) is 0 Å². The van der Waals surface area contributed by atoms with Crippen molar-refractivity contribution in [2.75, 3.05) is 11.9 Å². The molecule has 5 aromatic carbocycles. The fourth-order valence-electron chi connectivity index (χ4n) is 7.23. The number of fused-ring (bicyclic) bond motifs is 3. The smallest absolute Gasteiger partial charge is 0.138 e. The van der Waals surface area contributed by atoms with E-state index in [1.165, 1.54) is 22.3 Å². The molecule has 3 unspecified atom stereocenters. The number of nitrogens with zero attached hydrogens (tertiary/aromatic N) is 2. The number of hydrogen-bond acceptors (Lipinski definition) is 2. The maximum Gasteiger partial charge on any atom is 0.138 e. The van der Waals surface area contributed by atoms with Gasteiger partial charge >= 0.3 is 0 Å². The number of anilines is 2. The van der Waals surface area contributed by atoms with Gasteiger partial charge in [0.2, 0.25) is 0 Å². The van der Waals surface area contributed by atoms with Gasteiger partial charge in [-0.15, -0.1) is 0 Å². The second kappa shape index (κ2) is 12.6. The van der Waals surface area contributed by atoms with Crippen LogP contribution in [0.3, 0.4) is 0 Å². The van der Waals surface area contributed by atoms with Crippen LogP contribution in [0.4, 0.5) is 11.4 Å². The molecule has 2 aliphatic carbocycles. The fourth-order valence-corrected chi connectivity index (χ4v) is 7.23. The van der Waals surface area contributed by atoms with Gasteiger partial charge in [-0.2, -0.15) is 0 Å². The summed E-state index contributed by atoms with van der Waals surface area (Å²) < 4.78 is 6.75. The van der Waals surface area contributed by atoms with E-state index in [-0.39, 0.29) is 17.8 Å². The summed E-state index contributed by atoms with van der Waals surface area (Å²) >= 11 is 0. The fraction of sp³-hybridized carbons (Fsp3) is 0.114. The topological polar surface area (TPSA) is 24.8 Å². The summed E-state index contributed by atoms with van der Waals surface area (Å²) in [6.07, 6.45) is 14.6. The first-order valence-electron chi connectivity index (χ1n) is 16.4. The van der Waals surface area contributed by atoms with Gasteiger partial charge in [-0.3, -0.25) is 9.89 Å². The molecule has 1 aliphatic heterocycles. The van der Waals surface area contributed by atoms with Crippen LogP contribution < -0.4 is 9.64 Å². The van der Waals surface area contributed by atoms with Crippen LogP contribution in [0.15, 0.2) is 186 Å². The predicted molar refractivity (Wildman–Crippen MR) is 195 cm³/mol. The minimum Gasteiger partial charge on any atom is -0.460 e. The van der Waals surface area contributed by atoms with Crippen molar-refractivity contribution in [2.45, 2.75) is 12.3 Å². The third-order valence-electron chi connectivity index (χ3n) is 9.44. The Morgan fingerprint density at radius 2 is 1.32 bits per heavy atom. The standard InChI is InChI=1S/C44H36N2O/c1-45-44(46(36-19-10-4-11-20-36)37-21-12-5-13-22-37)34-27-25-33(26-28-34)38-23-14-24-41-42(38)40-30-35(31-15-6-2-7-16-31)29-39(43(40)47-41)32-17-8-3-9-18-32/h2-27,29-30,34,38,42H,28H2,1H3/b45-44-. The Labute approximate surface area is 277 Å². The van der Waals surface area contributed by atoms with Crippen LogP contribution in [0.1, 0.15) is 17.9 Å². The van der Waals surface area contributed by atoms with E-state index in [1.807, 2.05) is 7.05 Å². The van der Waals surface area contributed by atoms with Crippen molar-refractivity contribution in [1.29, 1.82) is 0 Å². The van der Waals surface area contributed by atoms with E-state index in [2.05, 4.69) is 175 Å². The highest BCUT2D eigenvalue weighted by Gasteiger charge is 2.40. The lowest BCUT2D eigenvalue weighted by molar-refractivity contribution is 0.410. The van der Waals surface area contributed by atoms with Crippen LogP contribution in [-0.4, -0.2) is 12.9 Å². The molecule has 1 heterocycles. The quantitative estimate of drug-likeness (QED) is 0.142. The van der Waals surface area contributed by atoms with Gasteiger partial charge in [0, 0.05) is 41.4 Å². The van der Waals surface area contributed by atoms with Crippen LogP contribution >= 0.6 is 0 Å². The zero-order valence-corrected chi connectivity index (χ0v) is 26.4. The van der Waals surface area contributed by atoms with Gasteiger partial charge in [0.1, 0.15) is 17.3 Å². The van der Waals surface area contributed by atoms with E-state index >= 15 is 0 Å². The second-order valence-corrected chi connectivity index (χ2v) is 12.2. The van der Waals surface area contributed by atoms with Crippen molar-refractivity contribution in [2.24, 2.45) is 16.8 Å². The van der Waals surface area contributed by atoms with E-state index in [4.69, 9.17) is 9.73 Å². The predicted octanol–water partition coefficient (Wildman–Crippen LogP) is 10.9. The monoisotopic (exact) mass is 608 g/mol. The number of benzene rings is 5. The molecule has 0 aromatic heterocycles. The Balaban J connectivity index is 1.14. The zero-order chi connectivity index (χ0) is 31.6. The highest BCUT2D eigenvalue weighted by molar-refractivity contribution is 6.06. The second-order valence-electron chi connectivity index (χ2n) is 12.2. The maximum absolute atomic E-state index is 6.75. The summed E-state index contributed by atoms with van der Waals surface area (Å²) in [7, 11) is 1.91. The molecule has 0 fully saturated rings. The van der Waals surface area contributed by atoms with E-state index in [1.54, 1.807) is 0 Å². The third-order valence-corrected chi connectivity index (χ3v) is 9.44. The molecule has 3 aliphatic rings. The number of rotatable bonds is 6. The largest absolute Gasteiger partial charge is 0.460 e. The van der Waals surface area contributed by atoms with Crippen molar-refractivity contribution >= 4 is 17.2 Å². The summed E-state index contributed by atoms with van der Waals surface area (Å²) in [5, 5.41) is 0. The molecule has 0 radical (unpaired) electrons. The van der Waals surface area contributed by atoms with Crippen LogP contribution in [0.25, 0.3) is 22.3 Å². The third kappa shape index (κ3) is 5.44. The van der Waals surface area contributed by atoms with Gasteiger partial charge in [-0.25, -0.2) is 0 Å². The molecular weight excluding hydrogens is 572 g/mol. The molecule has 3 nitrogen and oxygen atoms in total. The molecule has 5 aromatic rings. The molecule has 228 valence electrons. The molecule has 47 heavy (non-hydrogen) atoms. The van der Waals surface area contributed by atoms with Crippen molar-refractivity contribution in [3.05, 3.63) is 187 Å². The lowest BCUT2D eigenvalue weighted by atomic mass is 9.75. The zero-order valence-electron chi connectivity index (χ0n) is 26.4. The molecule has 3 atom stereocenters. The van der Waals surface area contributed by atoms with Crippen molar-refractivity contribution in [3.63, 3.8) is 0 Å². The minimum atomic E-state index is 0.109. The van der Waals surface area contributed by atoms with Crippen LogP contribution in [0, 0.1) is 11.8 Å². The normalized spacial score (nSPS) is 19.7. The highest BCUT2D eigenvalue weighted by Crippen LogP contribution is 2.54. The lowest BCUT2D eigenvalue weighted by Crippen LogP contribution is -2.32. The molecule has 8 rings (SSSR count). The van der Waals surface area contributed by atoms with Gasteiger partial charge in [-0.1, -0.05) is 127 Å². The first-order valence-corrected chi connectivity index (χ1v) is 16.4. The van der Waals surface area contributed by atoms with Gasteiger partial charge in [0.15, 0.2) is 0 Å². The average Bonchev–Trinajstić information content (AvgIpc) is 3.54. The van der Waals surface area contributed by atoms with Gasteiger partial charge in [0.05, 0.1) is 5.92 Å². The van der Waals surface area contributed by atoms with E-state index in [0.717, 1.165) is 46.3 Å². The summed E-state index contributed by atoms with van der Waals surface area (Å²) in [4.78, 5) is 7.17. The first-order chi connectivity index (χ1) is 23.3. The number of para-hydroxylation sites is 2. The Bertz CT molecular complexity index is 2000. The molecule has 0 N–H and O–H groups in total. The first kappa shape index (κ1) is 28.8. The summed E-state index contributed by atoms with van der Waals surface area (Å²) in [6.45, 7) is 0. The molecule has 0 saturated heterocycles. The van der Waals surface area contributed by atoms with Crippen LogP contribution in [0.2, 0.25) is 0 Å². The average molecular weight is 609 g/mol. The van der Waals surface area contributed by atoms with Gasteiger partial charge in [-0.05, 0) is 71.2 Å². The molecule has 3 heteroatoms. The molecular formula is C44H36N2O. The van der Waals surface area contributed by atoms with Crippen LogP contribution in [-0.2, 0) is 0 Å². The highest BCUT2D eigenvalue weighted by atomic mass is 16.5. The summed E-state index contributed by atoms with van der Waals surface area (Å²) in [5.74, 6) is 3.45. The molecule has 0 saturated carbocycles.